The SMILES string of the molecule is CCCc1c(C(=O)Nc2ccc(SC)cc2)[nH]c(C)c1C(=O)OC. The van der Waals surface area contributed by atoms with E-state index in [0.29, 0.717) is 34.6 Å². The Labute approximate surface area is 146 Å². The number of nitrogens with one attached hydrogen (secondary N) is 2. The Balaban J connectivity index is 2.32. The molecule has 0 spiro atoms. The molecule has 128 valence electrons. The molecule has 1 aromatic heterocycles. The highest BCUT2D eigenvalue weighted by molar-refractivity contribution is 7.98. The number of carbonyl (C=O) groups is 2. The van der Waals surface area contributed by atoms with Gasteiger partial charge in [0.15, 0.2) is 0 Å². The third kappa shape index (κ3) is 3.82. The maximum Gasteiger partial charge on any atom is 0.339 e. The summed E-state index contributed by atoms with van der Waals surface area (Å²) in [7, 11) is 1.34. The quantitative estimate of drug-likeness (QED) is 0.612. The summed E-state index contributed by atoms with van der Waals surface area (Å²) in [6, 6.07) is 7.63. The van der Waals surface area contributed by atoms with Crippen LogP contribution in [0.15, 0.2) is 29.2 Å². The summed E-state index contributed by atoms with van der Waals surface area (Å²) in [5.74, 6) is -0.677. The fourth-order valence-corrected chi connectivity index (χ4v) is 3.03. The molecule has 0 aliphatic carbocycles. The Morgan fingerprint density at radius 3 is 2.46 bits per heavy atom. The van der Waals surface area contributed by atoms with Crippen molar-refractivity contribution in [1.29, 1.82) is 0 Å². The minimum absolute atomic E-state index is 0.256. The number of thioether (sulfide) groups is 1. The van der Waals surface area contributed by atoms with Crippen molar-refractivity contribution in [3.8, 4) is 0 Å². The fraction of sp³-hybridized carbons (Fsp3) is 0.333. The monoisotopic (exact) mass is 346 g/mol. The van der Waals surface area contributed by atoms with Gasteiger partial charge in [0.2, 0.25) is 0 Å². The van der Waals surface area contributed by atoms with E-state index in [0.717, 1.165) is 11.3 Å². The van der Waals surface area contributed by atoms with E-state index in [1.165, 1.54) is 7.11 Å². The van der Waals surface area contributed by atoms with Gasteiger partial charge >= 0.3 is 5.97 Å². The number of aromatic nitrogens is 1. The maximum atomic E-state index is 12.6. The first-order valence-electron chi connectivity index (χ1n) is 7.77. The van der Waals surface area contributed by atoms with Crippen molar-refractivity contribution in [2.75, 3.05) is 18.7 Å². The third-order valence-corrected chi connectivity index (χ3v) is 4.50. The fourth-order valence-electron chi connectivity index (χ4n) is 2.62. The number of methoxy groups -OCH3 is 1. The van der Waals surface area contributed by atoms with Crippen LogP contribution in [0.5, 0.6) is 0 Å². The lowest BCUT2D eigenvalue weighted by molar-refractivity contribution is 0.0599. The summed E-state index contributed by atoms with van der Waals surface area (Å²) in [4.78, 5) is 28.8. The first-order chi connectivity index (χ1) is 11.5. The Hall–Kier alpha value is -2.21. The van der Waals surface area contributed by atoms with Crippen LogP contribution in [0.4, 0.5) is 5.69 Å². The summed E-state index contributed by atoms with van der Waals surface area (Å²) >= 11 is 1.64. The summed E-state index contributed by atoms with van der Waals surface area (Å²) in [6.45, 7) is 3.78. The van der Waals surface area contributed by atoms with Gasteiger partial charge in [-0.25, -0.2) is 4.79 Å². The molecule has 1 amide bonds. The van der Waals surface area contributed by atoms with Crippen LogP contribution in [0.2, 0.25) is 0 Å². The van der Waals surface area contributed by atoms with Crippen LogP contribution in [-0.2, 0) is 11.2 Å². The van der Waals surface area contributed by atoms with Gasteiger partial charge in [-0.3, -0.25) is 4.79 Å². The smallest absolute Gasteiger partial charge is 0.339 e. The first-order valence-corrected chi connectivity index (χ1v) is 8.99. The molecular formula is C18H22N2O3S. The van der Waals surface area contributed by atoms with Crippen LogP contribution < -0.4 is 5.32 Å². The second kappa shape index (κ2) is 8.06. The van der Waals surface area contributed by atoms with Gasteiger partial charge in [0.05, 0.1) is 12.7 Å². The highest BCUT2D eigenvalue weighted by Gasteiger charge is 2.24. The zero-order valence-corrected chi connectivity index (χ0v) is 15.2. The number of aryl methyl sites for hydroxylation is 1. The van der Waals surface area contributed by atoms with Gasteiger partial charge in [0.1, 0.15) is 5.69 Å². The first kappa shape index (κ1) is 18.1. The predicted octanol–water partition coefficient (Wildman–Crippen LogP) is 4.04. The molecule has 0 fully saturated rings. The van der Waals surface area contributed by atoms with Crippen LogP contribution in [-0.4, -0.2) is 30.2 Å². The van der Waals surface area contributed by atoms with Crippen molar-refractivity contribution in [3.05, 3.63) is 46.8 Å². The number of ether oxygens (including phenoxy) is 1. The van der Waals surface area contributed by atoms with Gasteiger partial charge in [0, 0.05) is 16.3 Å². The van der Waals surface area contributed by atoms with Crippen molar-refractivity contribution in [2.24, 2.45) is 0 Å². The van der Waals surface area contributed by atoms with Gasteiger partial charge in [-0.05, 0) is 49.4 Å². The molecule has 1 aromatic carbocycles. The van der Waals surface area contributed by atoms with Crippen molar-refractivity contribution in [3.63, 3.8) is 0 Å². The van der Waals surface area contributed by atoms with E-state index >= 15 is 0 Å². The number of esters is 1. The molecular weight excluding hydrogens is 324 g/mol. The van der Waals surface area contributed by atoms with E-state index in [-0.39, 0.29) is 5.91 Å². The van der Waals surface area contributed by atoms with E-state index in [1.54, 1.807) is 18.7 Å². The van der Waals surface area contributed by atoms with Crippen molar-refractivity contribution < 1.29 is 14.3 Å². The molecule has 0 radical (unpaired) electrons. The summed E-state index contributed by atoms with van der Waals surface area (Å²) in [6.07, 6.45) is 3.45. The topological polar surface area (TPSA) is 71.2 Å². The number of hydrogen-bond donors (Lipinski definition) is 2. The molecule has 2 aromatic rings. The normalized spacial score (nSPS) is 10.5. The van der Waals surface area contributed by atoms with E-state index in [1.807, 2.05) is 37.4 Å². The molecule has 24 heavy (non-hydrogen) atoms. The molecule has 0 saturated carbocycles. The van der Waals surface area contributed by atoms with E-state index in [9.17, 15) is 9.59 Å². The van der Waals surface area contributed by atoms with Crippen LogP contribution in [0.25, 0.3) is 0 Å². The summed E-state index contributed by atoms with van der Waals surface area (Å²) in [5, 5.41) is 2.87. The highest BCUT2D eigenvalue weighted by Crippen LogP contribution is 2.23. The molecule has 0 saturated heterocycles. The molecule has 2 rings (SSSR count). The molecule has 1 heterocycles. The lowest BCUT2D eigenvalue weighted by Gasteiger charge is -2.08. The number of hydrogen-bond acceptors (Lipinski definition) is 4. The lowest BCUT2D eigenvalue weighted by Crippen LogP contribution is -2.15. The Morgan fingerprint density at radius 1 is 1.25 bits per heavy atom. The third-order valence-electron chi connectivity index (χ3n) is 3.76. The molecule has 0 atom stereocenters. The van der Waals surface area contributed by atoms with Crippen LogP contribution in [0.1, 0.15) is 45.4 Å². The largest absolute Gasteiger partial charge is 0.465 e. The van der Waals surface area contributed by atoms with E-state index in [4.69, 9.17) is 4.74 Å². The zero-order chi connectivity index (χ0) is 17.7. The van der Waals surface area contributed by atoms with Gasteiger partial charge in [0.25, 0.3) is 5.91 Å². The Kier molecular flexibility index (Phi) is 6.09. The average molecular weight is 346 g/mol. The maximum absolute atomic E-state index is 12.6. The second-order valence-corrected chi connectivity index (χ2v) is 6.28. The molecule has 0 aliphatic heterocycles. The number of amides is 1. The molecule has 6 heteroatoms. The second-order valence-electron chi connectivity index (χ2n) is 5.40. The van der Waals surface area contributed by atoms with Crippen LogP contribution >= 0.6 is 11.8 Å². The van der Waals surface area contributed by atoms with E-state index < -0.39 is 5.97 Å². The predicted molar refractivity (Wildman–Crippen MR) is 97.0 cm³/mol. The Bertz CT molecular complexity index is 735. The number of rotatable bonds is 6. The Morgan fingerprint density at radius 2 is 1.92 bits per heavy atom. The number of anilines is 1. The van der Waals surface area contributed by atoms with Crippen LogP contribution in [0.3, 0.4) is 0 Å². The van der Waals surface area contributed by atoms with Gasteiger partial charge in [-0.2, -0.15) is 0 Å². The highest BCUT2D eigenvalue weighted by atomic mass is 32.2. The molecule has 0 unspecified atom stereocenters. The van der Waals surface area contributed by atoms with Crippen LogP contribution in [0, 0.1) is 6.92 Å². The van der Waals surface area contributed by atoms with Gasteiger partial charge in [-0.1, -0.05) is 13.3 Å². The van der Waals surface area contributed by atoms with E-state index in [2.05, 4.69) is 10.3 Å². The lowest BCUT2D eigenvalue weighted by atomic mass is 10.0. The van der Waals surface area contributed by atoms with Gasteiger partial charge in [-0.15, -0.1) is 11.8 Å². The molecule has 5 nitrogen and oxygen atoms in total. The summed E-state index contributed by atoms with van der Waals surface area (Å²) in [5.41, 5.74) is 2.95. The van der Waals surface area contributed by atoms with Crippen molar-refractivity contribution in [1.82, 2.24) is 4.98 Å². The number of H-pyrrole nitrogens is 1. The number of aromatic amines is 1. The molecule has 0 bridgehead atoms. The average Bonchev–Trinajstić information content (AvgIpc) is 2.91. The van der Waals surface area contributed by atoms with Crippen molar-refractivity contribution >= 4 is 29.3 Å². The molecule has 2 N–H and O–H groups in total. The minimum atomic E-state index is -0.421. The zero-order valence-electron chi connectivity index (χ0n) is 14.4. The molecule has 0 aliphatic rings. The number of carbonyl (C=O) groups excluding carboxylic acids is 2. The standard InChI is InChI=1S/C18H22N2O3S/c1-5-6-14-15(18(22)23-3)11(2)19-16(14)17(21)20-12-7-9-13(24-4)10-8-12/h7-10,19H,5-6H2,1-4H3,(H,20,21). The van der Waals surface area contributed by atoms with Gasteiger partial charge < -0.3 is 15.0 Å². The summed E-state index contributed by atoms with van der Waals surface area (Å²) < 4.78 is 4.85. The number of benzene rings is 1. The minimum Gasteiger partial charge on any atom is -0.465 e. The van der Waals surface area contributed by atoms with Crippen molar-refractivity contribution in [2.45, 2.75) is 31.6 Å².